The number of benzene rings is 2. The molecule has 2 heterocycles. The van der Waals surface area contributed by atoms with Crippen LogP contribution in [-0.4, -0.2) is 52.7 Å². The van der Waals surface area contributed by atoms with E-state index in [2.05, 4.69) is 17.4 Å². The molecule has 0 spiro atoms. The predicted octanol–water partition coefficient (Wildman–Crippen LogP) is 4.41. The largest absolute Gasteiger partial charge is 0.479 e. The first-order valence-electron chi connectivity index (χ1n) is 12.1. The number of nitrogens with one attached hydrogen (secondary N) is 1. The van der Waals surface area contributed by atoms with Crippen molar-refractivity contribution in [3.63, 3.8) is 0 Å². The van der Waals surface area contributed by atoms with Crippen molar-refractivity contribution < 1.29 is 24.2 Å². The first kappa shape index (κ1) is 23.4. The molecule has 35 heavy (non-hydrogen) atoms. The van der Waals surface area contributed by atoms with Crippen LogP contribution in [-0.2, 0) is 14.3 Å². The summed E-state index contributed by atoms with van der Waals surface area (Å²) in [5.41, 5.74) is 2.52. The summed E-state index contributed by atoms with van der Waals surface area (Å²) in [6, 6.07) is 15.3. The van der Waals surface area contributed by atoms with Crippen LogP contribution in [0.3, 0.4) is 0 Å². The third-order valence-electron chi connectivity index (χ3n) is 7.88. The lowest BCUT2D eigenvalue weighted by atomic mass is 9.63. The molecule has 0 aromatic heterocycles. The summed E-state index contributed by atoms with van der Waals surface area (Å²) in [7, 11) is 0. The molecule has 2 N–H and O–H groups in total. The molecule has 2 aromatic carbocycles. The van der Waals surface area contributed by atoms with Gasteiger partial charge in [0.1, 0.15) is 18.2 Å². The van der Waals surface area contributed by atoms with Gasteiger partial charge in [0.25, 0.3) is 0 Å². The molecule has 184 valence electrons. The van der Waals surface area contributed by atoms with E-state index in [0.29, 0.717) is 19.4 Å². The normalized spacial score (nSPS) is 25.3. The Bertz CT molecular complexity index is 1160. The Morgan fingerprint density at radius 1 is 1.06 bits per heavy atom. The number of nitrogens with zero attached hydrogens (tertiary/aromatic N) is 1. The van der Waals surface area contributed by atoms with Crippen LogP contribution in [0.1, 0.15) is 57.6 Å². The van der Waals surface area contributed by atoms with E-state index in [1.54, 1.807) is 0 Å². The van der Waals surface area contributed by atoms with Crippen LogP contribution in [0.5, 0.6) is 0 Å². The molecule has 1 saturated carbocycles. The van der Waals surface area contributed by atoms with E-state index in [1.165, 1.54) is 4.90 Å². The van der Waals surface area contributed by atoms with Crippen molar-refractivity contribution in [1.82, 2.24) is 10.2 Å². The van der Waals surface area contributed by atoms with E-state index in [0.717, 1.165) is 22.3 Å². The van der Waals surface area contributed by atoms with Crippen molar-refractivity contribution in [2.24, 2.45) is 10.8 Å². The van der Waals surface area contributed by atoms with Crippen molar-refractivity contribution in [1.29, 1.82) is 0 Å². The van der Waals surface area contributed by atoms with Gasteiger partial charge in [-0.05, 0) is 45.9 Å². The van der Waals surface area contributed by atoms with Gasteiger partial charge in [0.05, 0.1) is 0 Å². The third-order valence-corrected chi connectivity index (χ3v) is 7.88. The second-order valence-electron chi connectivity index (χ2n) is 11.7. The quantitative estimate of drug-likeness (QED) is 0.667. The highest BCUT2D eigenvalue weighted by Crippen LogP contribution is 2.59. The lowest BCUT2D eigenvalue weighted by Gasteiger charge is -2.44. The van der Waals surface area contributed by atoms with Crippen molar-refractivity contribution in [2.45, 2.75) is 58.0 Å². The number of ether oxygens (including phenoxy) is 1. The average molecular weight is 477 g/mol. The van der Waals surface area contributed by atoms with E-state index < -0.39 is 29.1 Å². The molecule has 7 heteroatoms. The minimum Gasteiger partial charge on any atom is -0.479 e. The molecule has 2 amide bonds. The first-order valence-corrected chi connectivity index (χ1v) is 12.1. The summed E-state index contributed by atoms with van der Waals surface area (Å²) in [5, 5.41) is 12.6. The standard InChI is InChI=1S/C28H32N2O5/c1-26(2,3)22(23(31)30-16-27(4)14-28(30,15-27)24(32)33)29-25(34)35-13-21-19-11-7-5-9-17(19)18-10-6-8-12-20(18)21/h5-12,21-22H,13-16H2,1-4H3,(H,29,34)(H,32,33)/t22-,27?,28?/m0/s1. The number of rotatable bonds is 5. The number of amides is 2. The fourth-order valence-electron chi connectivity index (χ4n) is 6.31. The number of carbonyl (C=O) groups excluding carboxylic acids is 2. The molecule has 2 aliphatic carbocycles. The molecular formula is C28H32N2O5. The zero-order valence-electron chi connectivity index (χ0n) is 20.6. The highest BCUT2D eigenvalue weighted by atomic mass is 16.5. The Labute approximate surface area is 205 Å². The number of aliphatic carboxylic acids is 1. The summed E-state index contributed by atoms with van der Waals surface area (Å²) in [6.45, 7) is 8.11. The van der Waals surface area contributed by atoms with E-state index in [9.17, 15) is 19.5 Å². The Hall–Kier alpha value is -3.35. The smallest absolute Gasteiger partial charge is 0.407 e. The third kappa shape index (κ3) is 3.68. The zero-order chi connectivity index (χ0) is 25.2. The molecule has 0 radical (unpaired) electrons. The van der Waals surface area contributed by atoms with Crippen molar-refractivity contribution >= 4 is 18.0 Å². The van der Waals surface area contributed by atoms with Gasteiger partial charge in [0.15, 0.2) is 0 Å². The van der Waals surface area contributed by atoms with Gasteiger partial charge in [-0.2, -0.15) is 0 Å². The van der Waals surface area contributed by atoms with E-state index in [4.69, 9.17) is 4.74 Å². The Morgan fingerprint density at radius 3 is 2.11 bits per heavy atom. The molecule has 1 atom stereocenters. The van der Waals surface area contributed by atoms with Crippen LogP contribution in [0, 0.1) is 10.8 Å². The van der Waals surface area contributed by atoms with Crippen LogP contribution >= 0.6 is 0 Å². The van der Waals surface area contributed by atoms with Crippen LogP contribution < -0.4 is 5.32 Å². The maximum atomic E-state index is 13.6. The maximum absolute atomic E-state index is 13.6. The fraction of sp³-hybridized carbons (Fsp3) is 0.464. The first-order chi connectivity index (χ1) is 16.5. The van der Waals surface area contributed by atoms with Crippen molar-refractivity contribution in [3.05, 3.63) is 59.7 Å². The lowest BCUT2D eigenvalue weighted by molar-refractivity contribution is -0.161. The van der Waals surface area contributed by atoms with Gasteiger partial charge in [-0.1, -0.05) is 76.2 Å². The number of alkyl carbamates (subject to hydrolysis) is 1. The summed E-state index contributed by atoms with van der Waals surface area (Å²) in [6.07, 6.45) is 0.216. The van der Waals surface area contributed by atoms with Crippen LogP contribution in [0.4, 0.5) is 4.79 Å². The average Bonchev–Trinajstić information content (AvgIpc) is 3.38. The van der Waals surface area contributed by atoms with E-state index in [-0.39, 0.29) is 23.8 Å². The van der Waals surface area contributed by atoms with Gasteiger partial charge in [-0.3, -0.25) is 4.79 Å². The van der Waals surface area contributed by atoms with Gasteiger partial charge in [-0.25, -0.2) is 9.59 Å². The minimum atomic E-state index is -1.17. The highest BCUT2D eigenvalue weighted by Gasteiger charge is 2.69. The lowest BCUT2D eigenvalue weighted by Crippen LogP contribution is -2.62. The second kappa shape index (κ2) is 7.83. The fourth-order valence-corrected chi connectivity index (χ4v) is 6.31. The predicted molar refractivity (Wildman–Crippen MR) is 131 cm³/mol. The Balaban J connectivity index is 1.31. The maximum Gasteiger partial charge on any atom is 0.407 e. The number of hydrogen-bond donors (Lipinski definition) is 2. The highest BCUT2D eigenvalue weighted by molar-refractivity contribution is 5.94. The molecule has 4 aliphatic rings. The molecule has 7 nitrogen and oxygen atoms in total. The number of carboxylic acid groups (broad SMARTS) is 1. The Kier molecular flexibility index (Phi) is 5.24. The zero-order valence-corrected chi connectivity index (χ0v) is 20.6. The molecule has 2 bridgehead atoms. The summed E-state index contributed by atoms with van der Waals surface area (Å²) >= 11 is 0. The summed E-state index contributed by atoms with van der Waals surface area (Å²) < 4.78 is 5.67. The van der Waals surface area contributed by atoms with Crippen LogP contribution in [0.25, 0.3) is 11.1 Å². The molecule has 6 rings (SSSR count). The van der Waals surface area contributed by atoms with Crippen molar-refractivity contribution in [2.75, 3.05) is 13.2 Å². The molecule has 2 saturated heterocycles. The van der Waals surface area contributed by atoms with Gasteiger partial charge < -0.3 is 20.1 Å². The van der Waals surface area contributed by atoms with E-state index in [1.807, 2.05) is 64.1 Å². The van der Waals surface area contributed by atoms with Crippen molar-refractivity contribution in [3.8, 4) is 11.1 Å². The van der Waals surface area contributed by atoms with Gasteiger partial charge >= 0.3 is 12.1 Å². The molecule has 2 aliphatic heterocycles. The number of carboxylic acids is 1. The minimum absolute atomic E-state index is 0.0852. The Morgan fingerprint density at radius 2 is 1.60 bits per heavy atom. The molecule has 2 aromatic rings. The van der Waals surface area contributed by atoms with E-state index >= 15 is 0 Å². The van der Waals surface area contributed by atoms with Crippen LogP contribution in [0.15, 0.2) is 48.5 Å². The van der Waals surface area contributed by atoms with Gasteiger partial charge in [0.2, 0.25) is 5.91 Å². The number of carbonyl (C=O) groups is 3. The van der Waals surface area contributed by atoms with Crippen LogP contribution in [0.2, 0.25) is 0 Å². The second-order valence-corrected chi connectivity index (χ2v) is 11.7. The number of hydrogen-bond acceptors (Lipinski definition) is 4. The molecule has 0 unspecified atom stereocenters. The summed E-state index contributed by atoms with van der Waals surface area (Å²) in [4.78, 5) is 40.1. The summed E-state index contributed by atoms with van der Waals surface area (Å²) in [5.74, 6) is -1.43. The molecule has 3 fully saturated rings. The topological polar surface area (TPSA) is 95.9 Å². The molecular weight excluding hydrogens is 444 g/mol. The van der Waals surface area contributed by atoms with Gasteiger partial charge in [0, 0.05) is 12.5 Å². The monoisotopic (exact) mass is 476 g/mol. The van der Waals surface area contributed by atoms with Gasteiger partial charge in [-0.15, -0.1) is 0 Å². The SMILES string of the molecule is CC12CN(C(=O)[C@H](NC(=O)OCC3c4ccccc4-c4ccccc43)C(C)(C)C)C(C(=O)O)(C1)C2. The number of fused-ring (bicyclic) bond motifs is 4.